The molecule has 1 aliphatic rings. The molecule has 3 N–H and O–H groups in total. The summed E-state index contributed by atoms with van der Waals surface area (Å²) < 4.78 is 21.0. The Balaban J connectivity index is 1.92. The Morgan fingerprint density at radius 2 is 2.25 bits per heavy atom. The van der Waals surface area contributed by atoms with Crippen molar-refractivity contribution < 1.29 is 8.76 Å². The molecule has 1 heterocycles. The molecule has 0 spiro atoms. The number of hydrogen-bond donors (Lipinski definition) is 3. The van der Waals surface area contributed by atoms with Gasteiger partial charge in [-0.05, 0) is 30.4 Å². The molecule has 2 atom stereocenters. The molecule has 1 unspecified atom stereocenters. The minimum Gasteiger partial charge on any atom is -0.378 e. The molecule has 0 aliphatic carbocycles. The van der Waals surface area contributed by atoms with E-state index in [0.717, 1.165) is 11.4 Å². The molecule has 7 heteroatoms. The van der Waals surface area contributed by atoms with Gasteiger partial charge in [-0.25, -0.2) is 0 Å². The molecule has 0 radical (unpaired) electrons. The standard InChI is InChI=1S/C13H19N3O2S2/c1-16(2)12-5-3-4-10(8-12)14-13(19)15-11-6-7-20(17,18)9-11/h3-5,8,11H,6-7,9H2,1-2H3,(H2-,14,15,17,18,19)/p+1/t11-/m0/s1. The summed E-state index contributed by atoms with van der Waals surface area (Å²) in [5, 5.41) is 6.70. The number of rotatable bonds is 3. The van der Waals surface area contributed by atoms with E-state index in [9.17, 15) is 8.76 Å². The fraction of sp³-hybridized carbons (Fsp3) is 0.462. The molecule has 0 aromatic heterocycles. The Labute approximate surface area is 126 Å². The van der Waals surface area contributed by atoms with Gasteiger partial charge >= 0.3 is 0 Å². The number of benzene rings is 1. The zero-order valence-corrected chi connectivity index (χ0v) is 13.3. The zero-order valence-electron chi connectivity index (χ0n) is 11.6. The van der Waals surface area contributed by atoms with Crippen LogP contribution in [0.2, 0.25) is 0 Å². The molecular formula is C13H20N3O2S2+. The first-order valence-corrected chi connectivity index (χ1v) is 8.69. The minimum atomic E-state index is -2.64. The fourth-order valence-electron chi connectivity index (χ4n) is 2.14. The SMILES string of the molecule is CN(C)c1cccc(NC(=S)N[C@H]2CC[S+](=O)(O)C2)c1. The highest BCUT2D eigenvalue weighted by atomic mass is 32.3. The minimum absolute atomic E-state index is 0.0236. The summed E-state index contributed by atoms with van der Waals surface area (Å²) in [6.07, 6.45) is 0.675. The Bertz CT molecular complexity index is 548. The molecule has 1 fully saturated rings. The molecule has 110 valence electrons. The monoisotopic (exact) mass is 314 g/mol. The van der Waals surface area contributed by atoms with E-state index < -0.39 is 10.2 Å². The summed E-state index contributed by atoms with van der Waals surface area (Å²) in [5.74, 6) is 0.621. The van der Waals surface area contributed by atoms with Crippen LogP contribution >= 0.6 is 12.2 Å². The number of hydrogen-bond acceptors (Lipinski definition) is 3. The fourth-order valence-corrected chi connectivity index (χ4v) is 4.12. The number of nitrogens with zero attached hydrogens (tertiary/aromatic N) is 1. The third-order valence-electron chi connectivity index (χ3n) is 3.20. The molecule has 0 bridgehead atoms. The molecule has 20 heavy (non-hydrogen) atoms. The van der Waals surface area contributed by atoms with E-state index in [2.05, 4.69) is 10.6 Å². The van der Waals surface area contributed by atoms with Crippen molar-refractivity contribution in [3.63, 3.8) is 0 Å². The van der Waals surface area contributed by atoms with Crippen LogP contribution in [0.1, 0.15) is 6.42 Å². The highest BCUT2D eigenvalue weighted by Crippen LogP contribution is 2.19. The van der Waals surface area contributed by atoms with E-state index in [4.69, 9.17) is 12.2 Å². The molecule has 0 saturated carbocycles. The first-order valence-electron chi connectivity index (χ1n) is 6.43. The topological polar surface area (TPSA) is 64.6 Å². The second-order valence-electron chi connectivity index (χ2n) is 5.17. The van der Waals surface area contributed by atoms with Crippen molar-refractivity contribution in [1.82, 2.24) is 5.32 Å². The third kappa shape index (κ3) is 4.16. The highest BCUT2D eigenvalue weighted by molar-refractivity contribution is 7.98. The maximum atomic E-state index is 11.5. The summed E-state index contributed by atoms with van der Waals surface area (Å²) in [7, 11) is 1.32. The quantitative estimate of drug-likeness (QED) is 0.584. The first-order chi connectivity index (χ1) is 9.35. The van der Waals surface area contributed by atoms with Crippen molar-refractivity contribution in [2.24, 2.45) is 0 Å². The number of nitrogens with one attached hydrogen (secondary N) is 2. The highest BCUT2D eigenvalue weighted by Gasteiger charge is 2.38. The van der Waals surface area contributed by atoms with Crippen LogP contribution in [0, 0.1) is 0 Å². The van der Waals surface area contributed by atoms with Gasteiger partial charge in [0.1, 0.15) is 5.75 Å². The normalized spacial score (nSPS) is 25.2. The molecular weight excluding hydrogens is 294 g/mol. The van der Waals surface area contributed by atoms with Crippen molar-refractivity contribution in [2.45, 2.75) is 12.5 Å². The Hall–Kier alpha value is -1.18. The molecule has 0 amide bonds. The van der Waals surface area contributed by atoms with Gasteiger partial charge in [0.2, 0.25) is 10.2 Å². The molecule has 2 rings (SSSR count). The summed E-state index contributed by atoms with van der Waals surface area (Å²) >= 11 is 5.25. The summed E-state index contributed by atoms with van der Waals surface area (Å²) in [5.41, 5.74) is 1.98. The Morgan fingerprint density at radius 1 is 1.50 bits per heavy atom. The third-order valence-corrected chi connectivity index (χ3v) is 5.22. The average molecular weight is 314 g/mol. The first kappa shape index (κ1) is 15.2. The van der Waals surface area contributed by atoms with Crippen LogP contribution in [0.4, 0.5) is 11.4 Å². The van der Waals surface area contributed by atoms with Gasteiger partial charge in [-0.15, -0.1) is 0 Å². The van der Waals surface area contributed by atoms with E-state index in [1.54, 1.807) is 0 Å². The van der Waals surface area contributed by atoms with Crippen LogP contribution in [-0.4, -0.2) is 41.3 Å². The second kappa shape index (κ2) is 6.07. The van der Waals surface area contributed by atoms with Crippen LogP contribution in [0.5, 0.6) is 0 Å². The molecule has 5 nitrogen and oxygen atoms in total. The lowest BCUT2D eigenvalue weighted by atomic mass is 10.2. The molecule has 1 aromatic rings. The number of anilines is 2. The Morgan fingerprint density at radius 3 is 2.85 bits per heavy atom. The van der Waals surface area contributed by atoms with Crippen LogP contribution < -0.4 is 15.5 Å². The van der Waals surface area contributed by atoms with E-state index in [1.807, 2.05) is 43.3 Å². The average Bonchev–Trinajstić information content (AvgIpc) is 2.68. The van der Waals surface area contributed by atoms with Crippen molar-refractivity contribution >= 4 is 38.9 Å². The predicted molar refractivity (Wildman–Crippen MR) is 88.9 cm³/mol. The zero-order chi connectivity index (χ0) is 14.8. The number of thiocarbonyl (C=S) groups is 1. The molecule has 1 aliphatic heterocycles. The van der Waals surface area contributed by atoms with Gasteiger partial charge in [0.05, 0.1) is 6.04 Å². The molecule has 1 aromatic carbocycles. The van der Waals surface area contributed by atoms with E-state index in [0.29, 0.717) is 17.3 Å². The van der Waals surface area contributed by atoms with Crippen LogP contribution in [-0.2, 0) is 14.4 Å². The Kier molecular flexibility index (Phi) is 4.62. The van der Waals surface area contributed by atoms with Gasteiger partial charge in [-0.1, -0.05) is 10.3 Å². The van der Waals surface area contributed by atoms with Gasteiger partial charge in [-0.2, -0.15) is 4.55 Å². The predicted octanol–water partition coefficient (Wildman–Crippen LogP) is 1.78. The second-order valence-corrected chi connectivity index (χ2v) is 7.87. The maximum absolute atomic E-state index is 11.5. The van der Waals surface area contributed by atoms with Crippen LogP contribution in [0.15, 0.2) is 24.3 Å². The summed E-state index contributed by atoms with van der Waals surface area (Å²) in [6.45, 7) is 0. The maximum Gasteiger partial charge on any atom is 0.216 e. The van der Waals surface area contributed by atoms with Gasteiger partial charge in [0, 0.05) is 31.9 Å². The lowest BCUT2D eigenvalue weighted by Gasteiger charge is -2.16. The smallest absolute Gasteiger partial charge is 0.216 e. The molecule has 1 saturated heterocycles. The van der Waals surface area contributed by atoms with E-state index in [1.165, 1.54) is 0 Å². The van der Waals surface area contributed by atoms with Crippen molar-refractivity contribution in [1.29, 1.82) is 0 Å². The van der Waals surface area contributed by atoms with Gasteiger partial charge < -0.3 is 15.5 Å². The van der Waals surface area contributed by atoms with Gasteiger partial charge in [0.15, 0.2) is 10.9 Å². The van der Waals surface area contributed by atoms with Crippen molar-refractivity contribution in [2.75, 3.05) is 35.8 Å². The summed E-state index contributed by atoms with van der Waals surface area (Å²) in [4.78, 5) is 2.01. The lowest BCUT2D eigenvalue weighted by molar-refractivity contribution is 0.502. The largest absolute Gasteiger partial charge is 0.378 e. The van der Waals surface area contributed by atoms with E-state index >= 15 is 0 Å². The van der Waals surface area contributed by atoms with Gasteiger partial charge in [0.25, 0.3) is 0 Å². The van der Waals surface area contributed by atoms with Crippen LogP contribution in [0.25, 0.3) is 0 Å². The lowest BCUT2D eigenvalue weighted by Crippen LogP contribution is -2.38. The van der Waals surface area contributed by atoms with E-state index in [-0.39, 0.29) is 11.8 Å². The summed E-state index contributed by atoms with van der Waals surface area (Å²) in [6, 6.07) is 7.88. The van der Waals surface area contributed by atoms with Crippen molar-refractivity contribution in [3.05, 3.63) is 24.3 Å². The van der Waals surface area contributed by atoms with Crippen LogP contribution in [0.3, 0.4) is 0 Å². The van der Waals surface area contributed by atoms with Gasteiger partial charge in [-0.3, -0.25) is 0 Å². The van der Waals surface area contributed by atoms with Crippen molar-refractivity contribution in [3.8, 4) is 0 Å².